The van der Waals surface area contributed by atoms with Gasteiger partial charge in [-0.15, -0.1) is 0 Å². The molecule has 1 aliphatic rings. The van der Waals surface area contributed by atoms with Gasteiger partial charge in [-0.05, 0) is 43.9 Å². The van der Waals surface area contributed by atoms with Crippen LogP contribution in [0.5, 0.6) is 0 Å². The maximum absolute atomic E-state index is 12.4. The molecule has 0 aliphatic carbocycles. The molecule has 126 valence electrons. The van der Waals surface area contributed by atoms with Crippen LogP contribution in [0, 0.1) is 0 Å². The number of aromatic nitrogens is 2. The van der Waals surface area contributed by atoms with Crippen molar-refractivity contribution < 1.29 is 4.79 Å². The standard InChI is InChI=1S/C18H21ClN4O/c1-2-15-8-3-4-9-23(15)17-11-16(20-12-21-17)18(24)22-14-7-5-6-13(19)10-14/h5-7,10-12,15H,2-4,8-9H2,1H3,(H,22,24). The van der Waals surface area contributed by atoms with E-state index in [1.807, 2.05) is 0 Å². The molecule has 1 atom stereocenters. The quantitative estimate of drug-likeness (QED) is 0.905. The normalized spacial score (nSPS) is 17.6. The van der Waals surface area contributed by atoms with Crippen molar-refractivity contribution in [2.24, 2.45) is 0 Å². The van der Waals surface area contributed by atoms with Crippen molar-refractivity contribution in [2.75, 3.05) is 16.8 Å². The fourth-order valence-electron chi connectivity index (χ4n) is 3.12. The van der Waals surface area contributed by atoms with Gasteiger partial charge >= 0.3 is 0 Å². The second-order valence-corrected chi connectivity index (χ2v) is 6.41. The maximum atomic E-state index is 12.4. The van der Waals surface area contributed by atoms with Gasteiger partial charge in [0.05, 0.1) is 0 Å². The Labute approximate surface area is 147 Å². The van der Waals surface area contributed by atoms with E-state index in [4.69, 9.17) is 11.6 Å². The number of nitrogens with one attached hydrogen (secondary N) is 1. The molecular weight excluding hydrogens is 324 g/mol. The summed E-state index contributed by atoms with van der Waals surface area (Å²) in [6, 6.07) is 9.32. The SMILES string of the molecule is CCC1CCCCN1c1cc(C(=O)Nc2cccc(Cl)c2)ncn1. The van der Waals surface area contributed by atoms with Crippen molar-refractivity contribution in [3.8, 4) is 0 Å². The highest BCUT2D eigenvalue weighted by molar-refractivity contribution is 6.30. The van der Waals surface area contributed by atoms with E-state index < -0.39 is 0 Å². The molecule has 1 unspecified atom stereocenters. The number of halogens is 1. The molecule has 1 fully saturated rings. The summed E-state index contributed by atoms with van der Waals surface area (Å²) in [6.07, 6.45) is 6.12. The molecule has 0 radical (unpaired) electrons. The summed E-state index contributed by atoms with van der Waals surface area (Å²) in [6.45, 7) is 3.17. The zero-order valence-electron chi connectivity index (χ0n) is 13.7. The van der Waals surface area contributed by atoms with Crippen LogP contribution in [0.25, 0.3) is 0 Å². The van der Waals surface area contributed by atoms with Crippen LogP contribution in [0.1, 0.15) is 43.1 Å². The first-order valence-electron chi connectivity index (χ1n) is 8.33. The molecule has 0 spiro atoms. The minimum atomic E-state index is -0.258. The Morgan fingerprint density at radius 3 is 3.00 bits per heavy atom. The Balaban J connectivity index is 1.78. The number of rotatable bonds is 4. The molecule has 2 aromatic rings. The van der Waals surface area contributed by atoms with Crippen molar-refractivity contribution in [3.63, 3.8) is 0 Å². The lowest BCUT2D eigenvalue weighted by atomic mass is 10.00. The molecule has 6 heteroatoms. The monoisotopic (exact) mass is 344 g/mol. The Morgan fingerprint density at radius 2 is 2.21 bits per heavy atom. The molecule has 1 aromatic carbocycles. The van der Waals surface area contributed by atoms with E-state index in [1.165, 1.54) is 19.2 Å². The third-order valence-corrected chi connectivity index (χ3v) is 4.60. The molecule has 5 nitrogen and oxygen atoms in total. The first-order valence-corrected chi connectivity index (χ1v) is 8.71. The fourth-order valence-corrected chi connectivity index (χ4v) is 3.31. The maximum Gasteiger partial charge on any atom is 0.274 e. The van der Waals surface area contributed by atoms with Gasteiger partial charge in [0.2, 0.25) is 0 Å². The Bertz CT molecular complexity index is 722. The van der Waals surface area contributed by atoms with Crippen molar-refractivity contribution in [1.82, 2.24) is 9.97 Å². The third kappa shape index (κ3) is 3.85. The number of amides is 1. The van der Waals surface area contributed by atoms with E-state index in [2.05, 4.69) is 27.1 Å². The molecule has 3 rings (SSSR count). The second-order valence-electron chi connectivity index (χ2n) is 5.98. The van der Waals surface area contributed by atoms with Crippen molar-refractivity contribution >= 4 is 29.0 Å². The number of nitrogens with zero attached hydrogens (tertiary/aromatic N) is 3. The molecule has 1 amide bonds. The molecule has 1 N–H and O–H groups in total. The molecule has 1 saturated heterocycles. The first kappa shape index (κ1) is 16.7. The van der Waals surface area contributed by atoms with Crippen molar-refractivity contribution in [1.29, 1.82) is 0 Å². The smallest absolute Gasteiger partial charge is 0.274 e. The average Bonchev–Trinajstić information content (AvgIpc) is 2.62. The number of carbonyl (C=O) groups excluding carboxylic acids is 1. The van der Waals surface area contributed by atoms with Gasteiger partial charge < -0.3 is 10.2 Å². The molecule has 0 bridgehead atoms. The molecule has 1 aromatic heterocycles. The van der Waals surface area contributed by atoms with Gasteiger partial charge in [0, 0.05) is 29.4 Å². The van der Waals surface area contributed by atoms with E-state index >= 15 is 0 Å². The summed E-state index contributed by atoms with van der Waals surface area (Å²) in [5, 5.41) is 3.40. The number of piperidine rings is 1. The lowest BCUT2D eigenvalue weighted by Gasteiger charge is -2.36. The van der Waals surface area contributed by atoms with Crippen molar-refractivity contribution in [2.45, 2.75) is 38.6 Å². The van der Waals surface area contributed by atoms with Gasteiger partial charge in [-0.2, -0.15) is 0 Å². The molecule has 24 heavy (non-hydrogen) atoms. The van der Waals surface area contributed by atoms with E-state index in [1.54, 1.807) is 30.3 Å². The van der Waals surface area contributed by atoms with Gasteiger partial charge in [0.1, 0.15) is 17.8 Å². The lowest BCUT2D eigenvalue weighted by molar-refractivity contribution is 0.102. The molecule has 2 heterocycles. The lowest BCUT2D eigenvalue weighted by Crippen LogP contribution is -2.39. The van der Waals surface area contributed by atoms with Crippen LogP contribution in [-0.2, 0) is 0 Å². The highest BCUT2D eigenvalue weighted by Crippen LogP contribution is 2.25. The Morgan fingerprint density at radius 1 is 1.33 bits per heavy atom. The third-order valence-electron chi connectivity index (χ3n) is 4.36. The van der Waals surface area contributed by atoms with Gasteiger partial charge in [0.15, 0.2) is 0 Å². The summed E-state index contributed by atoms with van der Waals surface area (Å²) < 4.78 is 0. The second kappa shape index (κ2) is 7.62. The highest BCUT2D eigenvalue weighted by atomic mass is 35.5. The predicted molar refractivity (Wildman–Crippen MR) is 96.7 cm³/mol. The van der Waals surface area contributed by atoms with Crippen LogP contribution in [0.3, 0.4) is 0 Å². The minimum Gasteiger partial charge on any atom is -0.354 e. The van der Waals surface area contributed by atoms with E-state index in [0.717, 1.165) is 25.2 Å². The summed E-state index contributed by atoms with van der Waals surface area (Å²) in [5.41, 5.74) is 1.01. The Kier molecular flexibility index (Phi) is 5.30. The van der Waals surface area contributed by atoms with E-state index in [-0.39, 0.29) is 5.91 Å². The van der Waals surface area contributed by atoms with Gasteiger partial charge in [-0.3, -0.25) is 4.79 Å². The minimum absolute atomic E-state index is 0.258. The molecule has 0 saturated carbocycles. The van der Waals surface area contributed by atoms with Crippen LogP contribution in [0.15, 0.2) is 36.7 Å². The number of hydrogen-bond donors (Lipinski definition) is 1. The fraction of sp³-hybridized carbons (Fsp3) is 0.389. The largest absolute Gasteiger partial charge is 0.354 e. The molecule has 1 aliphatic heterocycles. The summed E-state index contributed by atoms with van der Waals surface area (Å²) >= 11 is 5.95. The van der Waals surface area contributed by atoms with Crippen LogP contribution in [0.4, 0.5) is 11.5 Å². The van der Waals surface area contributed by atoms with E-state index in [0.29, 0.717) is 22.4 Å². The van der Waals surface area contributed by atoms with Gasteiger partial charge in [-0.1, -0.05) is 24.6 Å². The number of carbonyl (C=O) groups is 1. The number of hydrogen-bond acceptors (Lipinski definition) is 4. The zero-order chi connectivity index (χ0) is 16.9. The van der Waals surface area contributed by atoms with Crippen LogP contribution < -0.4 is 10.2 Å². The van der Waals surface area contributed by atoms with Crippen LogP contribution >= 0.6 is 11.6 Å². The van der Waals surface area contributed by atoms with Crippen LogP contribution in [0.2, 0.25) is 5.02 Å². The predicted octanol–water partition coefficient (Wildman–Crippen LogP) is 4.15. The summed E-state index contributed by atoms with van der Waals surface area (Å²) in [7, 11) is 0. The number of anilines is 2. The van der Waals surface area contributed by atoms with Gasteiger partial charge in [0.25, 0.3) is 5.91 Å². The van der Waals surface area contributed by atoms with E-state index in [9.17, 15) is 4.79 Å². The van der Waals surface area contributed by atoms with Crippen LogP contribution in [-0.4, -0.2) is 28.5 Å². The van der Waals surface area contributed by atoms with Crippen molar-refractivity contribution in [3.05, 3.63) is 47.4 Å². The number of benzene rings is 1. The summed E-state index contributed by atoms with van der Waals surface area (Å²) in [4.78, 5) is 23.2. The molecular formula is C18H21ClN4O. The van der Waals surface area contributed by atoms with Gasteiger partial charge in [-0.25, -0.2) is 9.97 Å². The first-order chi connectivity index (χ1) is 11.7. The highest BCUT2D eigenvalue weighted by Gasteiger charge is 2.23. The Hall–Kier alpha value is -2.14. The summed E-state index contributed by atoms with van der Waals surface area (Å²) in [5.74, 6) is 0.568. The zero-order valence-corrected chi connectivity index (χ0v) is 14.5. The average molecular weight is 345 g/mol. The topological polar surface area (TPSA) is 58.1 Å².